The van der Waals surface area contributed by atoms with E-state index in [1.54, 1.807) is 11.8 Å². The summed E-state index contributed by atoms with van der Waals surface area (Å²) in [4.78, 5) is 0. The molecule has 1 saturated carbocycles. The van der Waals surface area contributed by atoms with Gasteiger partial charge >= 0.3 is 0 Å². The molecule has 1 aromatic heterocycles. The Kier molecular flexibility index (Phi) is 3.36. The highest BCUT2D eigenvalue weighted by Crippen LogP contribution is 2.34. The van der Waals surface area contributed by atoms with Gasteiger partial charge in [0.05, 0.1) is 6.54 Å². The number of nitrogens with one attached hydrogen (secondary N) is 1. The summed E-state index contributed by atoms with van der Waals surface area (Å²) < 4.78 is 1.86. The Hall–Kier alpha value is -0.620. The summed E-state index contributed by atoms with van der Waals surface area (Å²) in [5, 5.41) is 15.7. The maximum Gasteiger partial charge on any atom is 0.209 e. The lowest BCUT2D eigenvalue weighted by atomic mass is 10.5. The highest BCUT2D eigenvalue weighted by molar-refractivity contribution is 7.99. The molecule has 6 heteroatoms. The number of rotatable bonds is 6. The zero-order valence-electron chi connectivity index (χ0n) is 8.31. The monoisotopic (exact) mass is 213 g/mol. The van der Waals surface area contributed by atoms with Crippen molar-refractivity contribution in [3.8, 4) is 0 Å². The summed E-state index contributed by atoms with van der Waals surface area (Å²) in [6, 6.07) is 0. The normalized spacial score (nSPS) is 16.1. The van der Waals surface area contributed by atoms with E-state index in [1.165, 1.54) is 18.6 Å². The molecule has 0 aromatic carbocycles. The van der Waals surface area contributed by atoms with E-state index < -0.39 is 0 Å². The van der Waals surface area contributed by atoms with Crippen molar-refractivity contribution in [1.82, 2.24) is 25.5 Å². The highest BCUT2D eigenvalue weighted by atomic mass is 32.2. The predicted molar refractivity (Wildman–Crippen MR) is 55.2 cm³/mol. The highest BCUT2D eigenvalue weighted by Gasteiger charge is 2.22. The minimum atomic E-state index is 0.844. The van der Waals surface area contributed by atoms with Gasteiger partial charge in [0.15, 0.2) is 0 Å². The van der Waals surface area contributed by atoms with E-state index >= 15 is 0 Å². The Morgan fingerprint density at radius 3 is 3.14 bits per heavy atom. The number of hydrogen-bond acceptors (Lipinski definition) is 5. The van der Waals surface area contributed by atoms with Gasteiger partial charge in [-0.05, 0) is 36.2 Å². The number of aromatic nitrogens is 4. The topological polar surface area (TPSA) is 55.6 Å². The average Bonchev–Trinajstić information content (AvgIpc) is 2.92. The molecule has 1 heterocycles. The molecule has 0 radical (unpaired) electrons. The molecule has 1 aromatic rings. The second-order valence-corrected chi connectivity index (χ2v) is 4.53. The van der Waals surface area contributed by atoms with Crippen LogP contribution < -0.4 is 5.32 Å². The minimum absolute atomic E-state index is 0.844. The second kappa shape index (κ2) is 4.75. The van der Waals surface area contributed by atoms with Crippen molar-refractivity contribution in [1.29, 1.82) is 0 Å². The fraction of sp³-hybridized carbons (Fsp3) is 0.875. The van der Waals surface area contributed by atoms with E-state index in [0.717, 1.165) is 24.2 Å². The van der Waals surface area contributed by atoms with Gasteiger partial charge in [-0.25, -0.2) is 4.68 Å². The number of tetrazole rings is 1. The van der Waals surface area contributed by atoms with Crippen LogP contribution in [-0.4, -0.2) is 39.6 Å². The lowest BCUT2D eigenvalue weighted by Crippen LogP contribution is -2.16. The van der Waals surface area contributed by atoms with Crippen LogP contribution in [0.4, 0.5) is 0 Å². The fourth-order valence-electron chi connectivity index (χ4n) is 1.13. The van der Waals surface area contributed by atoms with Crippen LogP contribution in [0.5, 0.6) is 0 Å². The molecule has 0 bridgehead atoms. The van der Waals surface area contributed by atoms with Crippen LogP contribution in [0.2, 0.25) is 0 Å². The van der Waals surface area contributed by atoms with Crippen LogP contribution in [0.3, 0.4) is 0 Å². The van der Waals surface area contributed by atoms with Crippen molar-refractivity contribution < 1.29 is 0 Å². The summed E-state index contributed by atoms with van der Waals surface area (Å²) in [6.45, 7) is 1.75. The molecule has 0 atom stereocenters. The third-order valence-electron chi connectivity index (χ3n) is 2.22. The van der Waals surface area contributed by atoms with Crippen molar-refractivity contribution in [2.45, 2.75) is 24.5 Å². The van der Waals surface area contributed by atoms with Gasteiger partial charge in [0.2, 0.25) is 5.16 Å². The maximum absolute atomic E-state index is 4.01. The van der Waals surface area contributed by atoms with Gasteiger partial charge in [-0.2, -0.15) is 0 Å². The standard InChI is InChI=1S/C8H15N5S/c1-9-4-5-13-8(10-11-12-13)14-6-7-2-3-7/h7,9H,2-6H2,1H3. The van der Waals surface area contributed by atoms with Gasteiger partial charge in [0.25, 0.3) is 0 Å². The van der Waals surface area contributed by atoms with Crippen LogP contribution in [0.15, 0.2) is 5.16 Å². The molecular formula is C8H15N5S. The molecular weight excluding hydrogens is 198 g/mol. The summed E-state index contributed by atoms with van der Waals surface area (Å²) in [7, 11) is 1.93. The van der Waals surface area contributed by atoms with Crippen LogP contribution in [-0.2, 0) is 6.54 Å². The third kappa shape index (κ3) is 2.68. The van der Waals surface area contributed by atoms with Gasteiger partial charge in [-0.15, -0.1) is 5.10 Å². The van der Waals surface area contributed by atoms with Crippen molar-refractivity contribution in [3.05, 3.63) is 0 Å². The van der Waals surface area contributed by atoms with Crippen LogP contribution in [0.1, 0.15) is 12.8 Å². The quantitative estimate of drug-likeness (QED) is 0.693. The van der Waals surface area contributed by atoms with E-state index in [4.69, 9.17) is 0 Å². The second-order valence-electron chi connectivity index (χ2n) is 3.54. The lowest BCUT2D eigenvalue weighted by molar-refractivity contribution is 0.530. The van der Waals surface area contributed by atoms with Crippen LogP contribution >= 0.6 is 11.8 Å². The smallest absolute Gasteiger partial charge is 0.209 e. The summed E-state index contributed by atoms with van der Waals surface area (Å²) >= 11 is 1.77. The largest absolute Gasteiger partial charge is 0.318 e. The van der Waals surface area contributed by atoms with Gasteiger partial charge in [0.1, 0.15) is 0 Å². The molecule has 78 valence electrons. The Morgan fingerprint density at radius 1 is 1.57 bits per heavy atom. The zero-order valence-corrected chi connectivity index (χ0v) is 9.13. The minimum Gasteiger partial charge on any atom is -0.318 e. The molecule has 1 aliphatic rings. The van der Waals surface area contributed by atoms with Crippen LogP contribution in [0.25, 0.3) is 0 Å². The average molecular weight is 213 g/mol. The summed E-state index contributed by atoms with van der Waals surface area (Å²) in [5.41, 5.74) is 0. The van der Waals surface area contributed by atoms with Gasteiger partial charge in [-0.1, -0.05) is 11.8 Å². The molecule has 2 rings (SSSR count). The fourth-order valence-corrected chi connectivity index (χ4v) is 2.22. The molecule has 0 amide bonds. The lowest BCUT2D eigenvalue weighted by Gasteiger charge is -2.02. The summed E-state index contributed by atoms with van der Waals surface area (Å²) in [6.07, 6.45) is 2.76. The Labute approximate surface area is 87.6 Å². The number of nitrogens with zero attached hydrogens (tertiary/aromatic N) is 4. The number of hydrogen-bond donors (Lipinski definition) is 1. The predicted octanol–water partition coefficient (Wildman–Crippen LogP) is 0.395. The van der Waals surface area contributed by atoms with E-state index in [2.05, 4.69) is 20.8 Å². The zero-order chi connectivity index (χ0) is 9.80. The van der Waals surface area contributed by atoms with Crippen molar-refractivity contribution in [3.63, 3.8) is 0 Å². The Morgan fingerprint density at radius 2 is 2.43 bits per heavy atom. The molecule has 0 unspecified atom stereocenters. The molecule has 0 saturated heterocycles. The molecule has 1 N–H and O–H groups in total. The molecule has 0 aliphatic heterocycles. The van der Waals surface area contributed by atoms with Gasteiger partial charge < -0.3 is 5.32 Å². The van der Waals surface area contributed by atoms with Gasteiger partial charge in [-0.3, -0.25) is 0 Å². The van der Waals surface area contributed by atoms with Crippen molar-refractivity contribution in [2.75, 3.05) is 19.3 Å². The van der Waals surface area contributed by atoms with E-state index in [9.17, 15) is 0 Å². The number of likely N-dealkylation sites (N-methyl/N-ethyl adjacent to an activating group) is 1. The van der Waals surface area contributed by atoms with Crippen molar-refractivity contribution in [2.24, 2.45) is 5.92 Å². The van der Waals surface area contributed by atoms with E-state index in [1.807, 2.05) is 11.7 Å². The van der Waals surface area contributed by atoms with Gasteiger partial charge in [0, 0.05) is 12.3 Å². The first-order valence-corrected chi connectivity index (χ1v) is 5.92. The van der Waals surface area contributed by atoms with E-state index in [-0.39, 0.29) is 0 Å². The first-order chi connectivity index (χ1) is 6.90. The third-order valence-corrected chi connectivity index (χ3v) is 3.41. The molecule has 0 spiro atoms. The molecule has 1 aliphatic carbocycles. The van der Waals surface area contributed by atoms with Crippen LogP contribution in [0, 0.1) is 5.92 Å². The maximum atomic E-state index is 4.01. The molecule has 1 fully saturated rings. The summed E-state index contributed by atoms with van der Waals surface area (Å²) in [5.74, 6) is 2.08. The number of thioether (sulfide) groups is 1. The molecule has 5 nitrogen and oxygen atoms in total. The molecule has 14 heavy (non-hydrogen) atoms. The first kappa shape index (κ1) is 9.92. The Balaban J connectivity index is 1.83. The first-order valence-electron chi connectivity index (χ1n) is 4.93. The van der Waals surface area contributed by atoms with E-state index in [0.29, 0.717) is 0 Å². The SMILES string of the molecule is CNCCn1nnnc1SCC1CC1. The Bertz CT molecular complexity index is 283. The van der Waals surface area contributed by atoms with Crippen molar-refractivity contribution >= 4 is 11.8 Å².